The number of carbonyl (C=O) groups excluding carboxylic acids is 2. The van der Waals surface area contributed by atoms with Gasteiger partial charge >= 0.3 is 6.03 Å². The quantitative estimate of drug-likeness (QED) is 0.510. The molecule has 4 rings (SSSR count). The predicted molar refractivity (Wildman–Crippen MR) is 124 cm³/mol. The molecule has 0 unspecified atom stereocenters. The second-order valence-electron chi connectivity index (χ2n) is 6.77. The molecule has 0 saturated heterocycles. The van der Waals surface area contributed by atoms with Crippen molar-refractivity contribution in [3.05, 3.63) is 65.0 Å². The lowest BCUT2D eigenvalue weighted by molar-refractivity contribution is -0.121. The van der Waals surface area contributed by atoms with Gasteiger partial charge < -0.3 is 15.0 Å². The maximum absolute atomic E-state index is 12.3. The summed E-state index contributed by atoms with van der Waals surface area (Å²) in [6, 6.07) is 12.0. The molecule has 1 aliphatic heterocycles. The highest BCUT2D eigenvalue weighted by Crippen LogP contribution is 2.38. The van der Waals surface area contributed by atoms with Crippen molar-refractivity contribution in [3.63, 3.8) is 0 Å². The van der Waals surface area contributed by atoms with Crippen LogP contribution >= 0.6 is 22.9 Å². The lowest BCUT2D eigenvalue weighted by Gasteiger charge is -2.28. The van der Waals surface area contributed by atoms with E-state index in [9.17, 15) is 9.59 Å². The molecule has 2 aromatic carbocycles. The normalized spacial score (nSPS) is 12.7. The third kappa shape index (κ3) is 4.55. The molecule has 2 heterocycles. The number of rotatable bonds is 5. The number of hydrogen-bond donors (Lipinski definition) is 2. The Labute approximate surface area is 188 Å². The van der Waals surface area contributed by atoms with E-state index < -0.39 is 6.03 Å². The first-order valence-corrected chi connectivity index (χ1v) is 10.6. The zero-order valence-electron chi connectivity index (χ0n) is 16.6. The fourth-order valence-corrected chi connectivity index (χ4v) is 4.15. The smallest absolute Gasteiger partial charge is 0.325 e. The number of nitrogens with zero attached hydrogens (tertiary/aromatic N) is 2. The molecule has 1 aliphatic rings. The van der Waals surface area contributed by atoms with Crippen molar-refractivity contribution in [1.82, 2.24) is 4.98 Å². The summed E-state index contributed by atoms with van der Waals surface area (Å²) < 4.78 is 5.54. The molecule has 1 aromatic heterocycles. The highest BCUT2D eigenvalue weighted by atomic mass is 35.5. The summed E-state index contributed by atoms with van der Waals surface area (Å²) in [5.74, 6) is 0.513. The fraction of sp³-hybridized carbons (Fsp3) is 0.136. The molecule has 2 N–H and O–H groups in total. The molecule has 0 bridgehead atoms. The number of hydrogen-bond acceptors (Lipinski definition) is 5. The Kier molecular flexibility index (Phi) is 5.92. The van der Waals surface area contributed by atoms with Crippen LogP contribution in [0.5, 0.6) is 5.75 Å². The standard InChI is InChI=1S/C22H19ClN4O3S/c1-3-10-27-17-11-14(4-9-18(17)30-12-19(27)28)20-13(2)31-22(25-20)26-21(29)24-16-7-5-15(23)6-8-16/h3-9,11H,1,10,12H2,2H3,(H2,24,25,26,29). The van der Waals surface area contributed by atoms with Gasteiger partial charge in [0.1, 0.15) is 5.75 Å². The van der Waals surface area contributed by atoms with E-state index in [1.165, 1.54) is 11.3 Å². The van der Waals surface area contributed by atoms with Gasteiger partial charge in [0, 0.05) is 27.7 Å². The van der Waals surface area contributed by atoms with Gasteiger partial charge in [-0.2, -0.15) is 0 Å². The van der Waals surface area contributed by atoms with Crippen LogP contribution in [0, 0.1) is 6.92 Å². The van der Waals surface area contributed by atoms with Gasteiger partial charge in [0.2, 0.25) is 0 Å². The number of aryl methyl sites for hydroxylation is 1. The molecule has 31 heavy (non-hydrogen) atoms. The summed E-state index contributed by atoms with van der Waals surface area (Å²) in [4.78, 5) is 31.7. The molecule has 0 aliphatic carbocycles. The summed E-state index contributed by atoms with van der Waals surface area (Å²) in [5, 5.41) is 6.55. The molecular weight excluding hydrogens is 436 g/mol. The maximum Gasteiger partial charge on any atom is 0.325 e. The van der Waals surface area contributed by atoms with Crippen LogP contribution in [-0.4, -0.2) is 30.1 Å². The molecule has 3 aromatic rings. The SMILES string of the molecule is C=CCN1C(=O)COc2ccc(-c3nc(NC(=O)Nc4ccc(Cl)cc4)sc3C)cc21. The molecular formula is C22H19ClN4O3S. The average Bonchev–Trinajstić information content (AvgIpc) is 3.11. The molecule has 0 radical (unpaired) electrons. The van der Waals surface area contributed by atoms with Crippen LogP contribution in [0.2, 0.25) is 5.02 Å². The van der Waals surface area contributed by atoms with Crippen LogP contribution in [0.15, 0.2) is 55.1 Å². The number of aromatic nitrogens is 1. The van der Waals surface area contributed by atoms with E-state index >= 15 is 0 Å². The average molecular weight is 455 g/mol. The summed E-state index contributed by atoms with van der Waals surface area (Å²) in [5.41, 5.74) is 2.85. The summed E-state index contributed by atoms with van der Waals surface area (Å²) in [7, 11) is 0. The van der Waals surface area contributed by atoms with Crippen molar-refractivity contribution in [2.75, 3.05) is 28.7 Å². The van der Waals surface area contributed by atoms with Crippen LogP contribution in [0.1, 0.15) is 4.88 Å². The third-order valence-corrected chi connectivity index (χ3v) is 5.74. The predicted octanol–water partition coefficient (Wildman–Crippen LogP) is 5.33. The molecule has 7 nitrogen and oxygen atoms in total. The van der Waals surface area contributed by atoms with Gasteiger partial charge in [-0.1, -0.05) is 17.7 Å². The van der Waals surface area contributed by atoms with E-state index in [2.05, 4.69) is 22.2 Å². The number of amides is 3. The maximum atomic E-state index is 12.3. The Morgan fingerprint density at radius 1 is 1.29 bits per heavy atom. The molecule has 9 heteroatoms. The van der Waals surface area contributed by atoms with Crippen molar-refractivity contribution < 1.29 is 14.3 Å². The van der Waals surface area contributed by atoms with Gasteiger partial charge in [-0.15, -0.1) is 17.9 Å². The first-order chi connectivity index (χ1) is 14.9. The Morgan fingerprint density at radius 3 is 2.81 bits per heavy atom. The summed E-state index contributed by atoms with van der Waals surface area (Å²) in [6.07, 6.45) is 1.68. The Balaban J connectivity index is 1.55. The van der Waals surface area contributed by atoms with Crippen LogP contribution in [0.4, 0.5) is 21.3 Å². The minimum Gasteiger partial charge on any atom is -0.482 e. The number of carbonyl (C=O) groups is 2. The van der Waals surface area contributed by atoms with Gasteiger partial charge in [-0.05, 0) is 49.4 Å². The Morgan fingerprint density at radius 2 is 2.06 bits per heavy atom. The number of thiazole rings is 1. The highest BCUT2D eigenvalue weighted by molar-refractivity contribution is 7.16. The van der Waals surface area contributed by atoms with E-state index in [4.69, 9.17) is 16.3 Å². The number of halogens is 1. The van der Waals surface area contributed by atoms with Gasteiger partial charge in [-0.25, -0.2) is 9.78 Å². The molecule has 0 fully saturated rings. The number of benzene rings is 2. The van der Waals surface area contributed by atoms with Gasteiger partial charge in [-0.3, -0.25) is 10.1 Å². The van der Waals surface area contributed by atoms with E-state index in [1.54, 1.807) is 35.2 Å². The van der Waals surface area contributed by atoms with Crippen LogP contribution in [0.25, 0.3) is 11.3 Å². The van der Waals surface area contributed by atoms with E-state index in [1.807, 2.05) is 25.1 Å². The van der Waals surface area contributed by atoms with E-state index in [0.29, 0.717) is 33.8 Å². The highest BCUT2D eigenvalue weighted by Gasteiger charge is 2.25. The van der Waals surface area contributed by atoms with E-state index in [-0.39, 0.29) is 12.5 Å². The molecule has 0 atom stereocenters. The fourth-order valence-electron chi connectivity index (χ4n) is 3.19. The largest absolute Gasteiger partial charge is 0.482 e. The van der Waals surface area contributed by atoms with Gasteiger partial charge in [0.25, 0.3) is 5.91 Å². The minimum atomic E-state index is -0.399. The zero-order chi connectivity index (χ0) is 22.0. The summed E-state index contributed by atoms with van der Waals surface area (Å²) in [6.45, 7) is 6.05. The van der Waals surface area contributed by atoms with Crippen molar-refractivity contribution in [3.8, 4) is 17.0 Å². The van der Waals surface area contributed by atoms with Crippen LogP contribution in [-0.2, 0) is 4.79 Å². The number of urea groups is 1. The molecule has 158 valence electrons. The van der Waals surface area contributed by atoms with Gasteiger partial charge in [0.05, 0.1) is 11.4 Å². The van der Waals surface area contributed by atoms with Crippen LogP contribution in [0.3, 0.4) is 0 Å². The van der Waals surface area contributed by atoms with Crippen LogP contribution < -0.4 is 20.3 Å². The number of nitrogens with one attached hydrogen (secondary N) is 2. The van der Waals surface area contributed by atoms with Crippen molar-refractivity contribution in [1.29, 1.82) is 0 Å². The summed E-state index contributed by atoms with van der Waals surface area (Å²) >= 11 is 7.23. The minimum absolute atomic E-state index is 0.00666. The van der Waals surface area contributed by atoms with Crippen molar-refractivity contribution >= 4 is 51.4 Å². The lowest BCUT2D eigenvalue weighted by atomic mass is 10.1. The van der Waals surface area contributed by atoms with Crippen molar-refractivity contribution in [2.24, 2.45) is 0 Å². The molecule has 0 saturated carbocycles. The van der Waals surface area contributed by atoms with E-state index in [0.717, 1.165) is 16.1 Å². The first kappa shape index (κ1) is 20.9. The molecule has 0 spiro atoms. The number of ether oxygens (including phenoxy) is 1. The van der Waals surface area contributed by atoms with Crippen molar-refractivity contribution in [2.45, 2.75) is 6.92 Å². The Hall–Kier alpha value is -3.36. The van der Waals surface area contributed by atoms with Gasteiger partial charge in [0.15, 0.2) is 11.7 Å². The zero-order valence-corrected chi connectivity index (χ0v) is 18.2. The number of anilines is 3. The first-order valence-electron chi connectivity index (χ1n) is 9.44. The third-order valence-electron chi connectivity index (χ3n) is 4.61. The topological polar surface area (TPSA) is 83.6 Å². The monoisotopic (exact) mass is 454 g/mol. The lowest BCUT2D eigenvalue weighted by Crippen LogP contribution is -2.38. The second-order valence-corrected chi connectivity index (χ2v) is 8.41. The molecule has 3 amide bonds. The Bertz CT molecular complexity index is 1160. The number of fused-ring (bicyclic) bond motifs is 1. The second kappa shape index (κ2) is 8.79.